The molecule has 0 radical (unpaired) electrons. The van der Waals surface area contributed by atoms with Gasteiger partial charge in [0.15, 0.2) is 18.1 Å². The zero-order chi connectivity index (χ0) is 20.8. The van der Waals surface area contributed by atoms with Crippen LogP contribution in [0.3, 0.4) is 0 Å². The number of hydrogen-bond donors (Lipinski definition) is 0. The van der Waals surface area contributed by atoms with Gasteiger partial charge < -0.3 is 19.1 Å². The first kappa shape index (κ1) is 20.5. The van der Waals surface area contributed by atoms with Crippen molar-refractivity contribution in [1.29, 1.82) is 0 Å². The highest BCUT2D eigenvalue weighted by Crippen LogP contribution is 2.31. The van der Waals surface area contributed by atoms with Gasteiger partial charge in [-0.1, -0.05) is 31.2 Å². The molecule has 0 unspecified atom stereocenters. The van der Waals surface area contributed by atoms with Crippen molar-refractivity contribution in [3.05, 3.63) is 54.1 Å². The number of carbonyl (C=O) groups excluding carboxylic acids is 1. The zero-order valence-electron chi connectivity index (χ0n) is 17.6. The van der Waals surface area contributed by atoms with E-state index in [9.17, 15) is 4.79 Å². The zero-order valence-corrected chi connectivity index (χ0v) is 17.6. The number of nitrogens with zero attached hydrogens (tertiary/aromatic N) is 2. The molecule has 0 spiro atoms. The van der Waals surface area contributed by atoms with Crippen LogP contribution in [0.1, 0.15) is 25.3 Å². The standard InChI is InChI=1S/C24H30N2O4/c1-2-25-12-6-7-20(25)17-26(24(27)18-30-21-8-4-3-5-9-21)16-19-10-11-22-23(15-19)29-14-13-28-22/h3-5,8-11,15,20H,2,6-7,12-14,16-18H2,1H3/t20-/m1/s1. The number of fused-ring (bicyclic) bond motifs is 1. The van der Waals surface area contributed by atoms with Crippen LogP contribution in [0.5, 0.6) is 17.2 Å². The molecule has 6 nitrogen and oxygen atoms in total. The summed E-state index contributed by atoms with van der Waals surface area (Å²) in [6.07, 6.45) is 2.31. The lowest BCUT2D eigenvalue weighted by molar-refractivity contribution is -0.134. The van der Waals surface area contributed by atoms with Gasteiger partial charge in [0.05, 0.1) is 0 Å². The number of amides is 1. The van der Waals surface area contributed by atoms with Crippen molar-refractivity contribution in [2.75, 3.05) is 39.5 Å². The first-order chi connectivity index (χ1) is 14.7. The van der Waals surface area contributed by atoms with E-state index >= 15 is 0 Å². The van der Waals surface area contributed by atoms with Crippen LogP contribution in [0.15, 0.2) is 48.5 Å². The molecular formula is C24H30N2O4. The Labute approximate surface area is 178 Å². The molecule has 30 heavy (non-hydrogen) atoms. The van der Waals surface area contributed by atoms with Gasteiger partial charge in [-0.15, -0.1) is 0 Å². The summed E-state index contributed by atoms with van der Waals surface area (Å²) in [5.74, 6) is 2.23. The Hall–Kier alpha value is -2.73. The molecule has 2 aromatic carbocycles. The van der Waals surface area contributed by atoms with Crippen LogP contribution in [-0.2, 0) is 11.3 Å². The van der Waals surface area contributed by atoms with Crippen molar-refractivity contribution in [3.63, 3.8) is 0 Å². The molecule has 2 aliphatic heterocycles. The van der Waals surface area contributed by atoms with Crippen LogP contribution in [0, 0.1) is 0 Å². The second-order valence-electron chi connectivity index (χ2n) is 7.78. The van der Waals surface area contributed by atoms with E-state index in [4.69, 9.17) is 14.2 Å². The Morgan fingerprint density at radius 3 is 2.73 bits per heavy atom. The predicted octanol–water partition coefficient (Wildman–Crippen LogP) is 3.35. The average Bonchev–Trinajstić information content (AvgIpc) is 3.25. The van der Waals surface area contributed by atoms with Gasteiger partial charge in [0.2, 0.25) is 0 Å². The summed E-state index contributed by atoms with van der Waals surface area (Å²) in [5.41, 5.74) is 1.04. The van der Waals surface area contributed by atoms with Crippen LogP contribution in [0.4, 0.5) is 0 Å². The predicted molar refractivity (Wildman–Crippen MR) is 115 cm³/mol. The summed E-state index contributed by atoms with van der Waals surface area (Å²) in [5, 5.41) is 0. The van der Waals surface area contributed by atoms with Crippen molar-refractivity contribution in [3.8, 4) is 17.2 Å². The minimum absolute atomic E-state index is 0.00306. The molecule has 2 aliphatic rings. The fraction of sp³-hybridized carbons (Fsp3) is 0.458. The van der Waals surface area contributed by atoms with Crippen molar-refractivity contribution >= 4 is 5.91 Å². The maximum absolute atomic E-state index is 13.1. The third-order valence-corrected chi connectivity index (χ3v) is 5.77. The fourth-order valence-corrected chi connectivity index (χ4v) is 4.19. The molecule has 0 aromatic heterocycles. The Balaban J connectivity index is 1.46. The van der Waals surface area contributed by atoms with Crippen LogP contribution in [0.25, 0.3) is 0 Å². The topological polar surface area (TPSA) is 51.2 Å². The molecule has 2 aromatic rings. The Morgan fingerprint density at radius 1 is 1.13 bits per heavy atom. The Morgan fingerprint density at radius 2 is 1.93 bits per heavy atom. The minimum atomic E-state index is -0.00306. The number of rotatable bonds is 8. The lowest BCUT2D eigenvalue weighted by atomic mass is 10.1. The highest BCUT2D eigenvalue weighted by molar-refractivity contribution is 5.78. The van der Waals surface area contributed by atoms with E-state index in [1.165, 1.54) is 6.42 Å². The molecular weight excluding hydrogens is 380 g/mol. The SMILES string of the molecule is CCN1CCC[C@@H]1CN(Cc1ccc2c(c1)OCCO2)C(=O)COc1ccccc1. The smallest absolute Gasteiger partial charge is 0.260 e. The lowest BCUT2D eigenvalue weighted by Gasteiger charge is -2.31. The Kier molecular flexibility index (Phi) is 6.74. The van der Waals surface area contributed by atoms with Crippen molar-refractivity contribution in [2.45, 2.75) is 32.4 Å². The van der Waals surface area contributed by atoms with Crippen LogP contribution >= 0.6 is 0 Å². The summed E-state index contributed by atoms with van der Waals surface area (Å²) in [4.78, 5) is 17.5. The second-order valence-corrected chi connectivity index (χ2v) is 7.78. The number of likely N-dealkylation sites (N-methyl/N-ethyl adjacent to an activating group) is 1. The number of benzene rings is 2. The number of carbonyl (C=O) groups is 1. The second kappa shape index (κ2) is 9.85. The van der Waals surface area contributed by atoms with E-state index < -0.39 is 0 Å². The highest BCUT2D eigenvalue weighted by Gasteiger charge is 2.27. The van der Waals surface area contributed by atoms with Crippen LogP contribution < -0.4 is 14.2 Å². The first-order valence-corrected chi connectivity index (χ1v) is 10.8. The molecule has 0 aliphatic carbocycles. The van der Waals surface area contributed by atoms with Crippen LogP contribution in [0.2, 0.25) is 0 Å². The summed E-state index contributed by atoms with van der Waals surface area (Å²) < 4.78 is 17.1. The molecule has 160 valence electrons. The van der Waals surface area contributed by atoms with E-state index in [1.807, 2.05) is 53.4 Å². The summed E-state index contributed by atoms with van der Waals surface area (Å²) >= 11 is 0. The van der Waals surface area contributed by atoms with E-state index in [2.05, 4.69) is 11.8 Å². The maximum Gasteiger partial charge on any atom is 0.260 e. The van der Waals surface area contributed by atoms with Gasteiger partial charge in [-0.3, -0.25) is 9.69 Å². The van der Waals surface area contributed by atoms with E-state index in [1.54, 1.807) is 0 Å². The molecule has 4 rings (SSSR count). The molecule has 1 atom stereocenters. The maximum atomic E-state index is 13.1. The molecule has 6 heteroatoms. The minimum Gasteiger partial charge on any atom is -0.486 e. The molecule has 1 fully saturated rings. The summed E-state index contributed by atoms with van der Waals surface area (Å²) in [7, 11) is 0. The molecule has 1 amide bonds. The van der Waals surface area contributed by atoms with E-state index in [0.717, 1.165) is 36.6 Å². The van der Waals surface area contributed by atoms with Gasteiger partial charge in [0, 0.05) is 19.1 Å². The van der Waals surface area contributed by atoms with Gasteiger partial charge >= 0.3 is 0 Å². The van der Waals surface area contributed by atoms with Gasteiger partial charge in [0.1, 0.15) is 19.0 Å². The largest absolute Gasteiger partial charge is 0.486 e. The number of para-hydroxylation sites is 1. The molecule has 1 saturated heterocycles. The third kappa shape index (κ3) is 5.05. The molecule has 0 saturated carbocycles. The fourth-order valence-electron chi connectivity index (χ4n) is 4.19. The number of likely N-dealkylation sites (tertiary alicyclic amines) is 1. The highest BCUT2D eigenvalue weighted by atomic mass is 16.6. The Bertz CT molecular complexity index is 842. The normalized spacial score (nSPS) is 18.2. The van der Waals surface area contributed by atoms with Gasteiger partial charge in [-0.05, 0) is 55.8 Å². The van der Waals surface area contributed by atoms with Crippen LogP contribution in [-0.4, -0.2) is 61.2 Å². The summed E-state index contributed by atoms with van der Waals surface area (Å²) in [6, 6.07) is 15.8. The van der Waals surface area contributed by atoms with Gasteiger partial charge in [-0.25, -0.2) is 0 Å². The van der Waals surface area contributed by atoms with Gasteiger partial charge in [-0.2, -0.15) is 0 Å². The van der Waals surface area contributed by atoms with Crippen molar-refractivity contribution in [2.24, 2.45) is 0 Å². The number of hydrogen-bond acceptors (Lipinski definition) is 5. The third-order valence-electron chi connectivity index (χ3n) is 5.77. The monoisotopic (exact) mass is 410 g/mol. The van der Waals surface area contributed by atoms with Gasteiger partial charge in [0.25, 0.3) is 5.91 Å². The molecule has 2 heterocycles. The van der Waals surface area contributed by atoms with E-state index in [-0.39, 0.29) is 12.5 Å². The van der Waals surface area contributed by atoms with Crippen molar-refractivity contribution in [1.82, 2.24) is 9.80 Å². The average molecular weight is 411 g/mol. The molecule has 0 N–H and O–H groups in total. The van der Waals surface area contributed by atoms with Crippen molar-refractivity contribution < 1.29 is 19.0 Å². The quantitative estimate of drug-likeness (QED) is 0.668. The number of ether oxygens (including phenoxy) is 3. The lowest BCUT2D eigenvalue weighted by Crippen LogP contribution is -2.44. The molecule has 0 bridgehead atoms. The summed E-state index contributed by atoms with van der Waals surface area (Å²) in [6.45, 7) is 6.70. The first-order valence-electron chi connectivity index (χ1n) is 10.8. The van der Waals surface area contributed by atoms with E-state index in [0.29, 0.717) is 38.1 Å².